The molecule has 6 heteroatoms. The highest BCUT2D eigenvalue weighted by molar-refractivity contribution is 7.15. The highest BCUT2D eigenvalue weighted by atomic mass is 35.5. The largest absolute Gasteiger partial charge is 0.298 e. The number of nitrogens with zero attached hydrogens (tertiary/aromatic N) is 1. The molecule has 0 unspecified atom stereocenters. The number of hydrogen-bond acceptors (Lipinski definition) is 3. The van der Waals surface area contributed by atoms with Gasteiger partial charge < -0.3 is 0 Å². The standard InChI is InChI=1S/C19H14ClFN2OS/c20-15-6-1-13(2-7-15)5-10-18(24)23-19-22-12-17(25-19)11-14-3-8-16(21)9-4-14/h1-10,12H,11H2,(H,22,23,24)/b10-5+. The van der Waals surface area contributed by atoms with Crippen LogP contribution in [0.25, 0.3) is 6.08 Å². The lowest BCUT2D eigenvalue weighted by molar-refractivity contribution is -0.111. The van der Waals surface area contributed by atoms with Gasteiger partial charge in [0.15, 0.2) is 5.13 Å². The molecule has 1 heterocycles. The van der Waals surface area contributed by atoms with Gasteiger partial charge in [-0.25, -0.2) is 9.37 Å². The van der Waals surface area contributed by atoms with E-state index in [1.807, 2.05) is 12.1 Å². The fourth-order valence-electron chi connectivity index (χ4n) is 2.14. The first-order valence-corrected chi connectivity index (χ1v) is 8.72. The summed E-state index contributed by atoms with van der Waals surface area (Å²) >= 11 is 7.22. The molecule has 0 bridgehead atoms. The minimum Gasteiger partial charge on any atom is -0.298 e. The summed E-state index contributed by atoms with van der Waals surface area (Å²) in [5.41, 5.74) is 1.88. The molecule has 0 radical (unpaired) electrons. The van der Waals surface area contributed by atoms with Gasteiger partial charge in [-0.05, 0) is 41.5 Å². The molecule has 0 aliphatic carbocycles. The molecule has 126 valence electrons. The van der Waals surface area contributed by atoms with Crippen molar-refractivity contribution in [1.82, 2.24) is 4.98 Å². The van der Waals surface area contributed by atoms with Crippen LogP contribution in [0.4, 0.5) is 9.52 Å². The third-order valence-electron chi connectivity index (χ3n) is 3.37. The van der Waals surface area contributed by atoms with Gasteiger partial charge in [-0.15, -0.1) is 11.3 Å². The lowest BCUT2D eigenvalue weighted by atomic mass is 10.1. The number of anilines is 1. The highest BCUT2D eigenvalue weighted by Crippen LogP contribution is 2.21. The first-order chi connectivity index (χ1) is 12.1. The van der Waals surface area contributed by atoms with E-state index in [-0.39, 0.29) is 11.7 Å². The fourth-order valence-corrected chi connectivity index (χ4v) is 3.12. The molecule has 0 aliphatic heterocycles. The van der Waals surface area contributed by atoms with Crippen molar-refractivity contribution in [2.24, 2.45) is 0 Å². The van der Waals surface area contributed by atoms with Gasteiger partial charge in [0.1, 0.15) is 5.82 Å². The molecule has 1 aromatic heterocycles. The van der Waals surface area contributed by atoms with Crippen LogP contribution in [0.15, 0.2) is 60.8 Å². The van der Waals surface area contributed by atoms with Crippen LogP contribution in [0, 0.1) is 5.82 Å². The summed E-state index contributed by atoms with van der Waals surface area (Å²) in [6, 6.07) is 13.5. The molecule has 3 nitrogen and oxygen atoms in total. The molecule has 25 heavy (non-hydrogen) atoms. The van der Waals surface area contributed by atoms with Gasteiger partial charge in [-0.2, -0.15) is 0 Å². The van der Waals surface area contributed by atoms with Gasteiger partial charge in [0, 0.05) is 28.6 Å². The monoisotopic (exact) mass is 372 g/mol. The van der Waals surface area contributed by atoms with Crippen molar-refractivity contribution in [3.63, 3.8) is 0 Å². The van der Waals surface area contributed by atoms with Gasteiger partial charge in [-0.3, -0.25) is 10.1 Å². The summed E-state index contributed by atoms with van der Waals surface area (Å²) in [4.78, 5) is 17.1. The second kappa shape index (κ2) is 8.05. The Morgan fingerprint density at radius 2 is 1.88 bits per heavy atom. The average molecular weight is 373 g/mol. The predicted octanol–water partition coefficient (Wildman–Crippen LogP) is 5.18. The van der Waals surface area contributed by atoms with Crippen molar-refractivity contribution in [3.8, 4) is 0 Å². The minimum absolute atomic E-state index is 0.252. The zero-order valence-corrected chi connectivity index (χ0v) is 14.7. The van der Waals surface area contributed by atoms with Gasteiger partial charge in [0.2, 0.25) is 5.91 Å². The lowest BCUT2D eigenvalue weighted by Gasteiger charge is -1.98. The Hall–Kier alpha value is -2.50. The molecule has 0 saturated heterocycles. The molecular formula is C19H14ClFN2OS. The van der Waals surface area contributed by atoms with E-state index in [1.54, 1.807) is 36.5 Å². The Bertz CT molecular complexity index is 889. The Kier molecular flexibility index (Phi) is 5.58. The molecule has 0 saturated carbocycles. The second-order valence-corrected chi connectivity index (χ2v) is 6.86. The summed E-state index contributed by atoms with van der Waals surface area (Å²) in [6.07, 6.45) is 5.52. The molecular weight excluding hydrogens is 359 g/mol. The molecule has 0 spiro atoms. The molecule has 1 amide bonds. The van der Waals surface area contributed by atoms with Crippen LogP contribution in [-0.4, -0.2) is 10.9 Å². The number of halogens is 2. The van der Waals surface area contributed by atoms with Crippen molar-refractivity contribution in [3.05, 3.63) is 87.6 Å². The van der Waals surface area contributed by atoms with E-state index in [1.165, 1.54) is 29.5 Å². The van der Waals surface area contributed by atoms with E-state index >= 15 is 0 Å². The predicted molar refractivity (Wildman–Crippen MR) is 100 cm³/mol. The van der Waals surface area contributed by atoms with Crippen LogP contribution in [-0.2, 0) is 11.2 Å². The summed E-state index contributed by atoms with van der Waals surface area (Å²) < 4.78 is 12.9. The van der Waals surface area contributed by atoms with Crippen LogP contribution >= 0.6 is 22.9 Å². The quantitative estimate of drug-likeness (QED) is 0.627. The third kappa shape index (κ3) is 5.24. The van der Waals surface area contributed by atoms with Crippen LogP contribution in [0.5, 0.6) is 0 Å². The van der Waals surface area contributed by atoms with Crippen molar-refractivity contribution in [1.29, 1.82) is 0 Å². The summed E-state index contributed by atoms with van der Waals surface area (Å²) in [6.45, 7) is 0. The Morgan fingerprint density at radius 3 is 2.60 bits per heavy atom. The number of aromatic nitrogens is 1. The first kappa shape index (κ1) is 17.3. The molecule has 1 N–H and O–H groups in total. The van der Waals surface area contributed by atoms with Crippen LogP contribution in [0.1, 0.15) is 16.0 Å². The van der Waals surface area contributed by atoms with Gasteiger partial charge in [0.25, 0.3) is 0 Å². The van der Waals surface area contributed by atoms with E-state index in [0.29, 0.717) is 16.6 Å². The van der Waals surface area contributed by atoms with E-state index in [2.05, 4.69) is 10.3 Å². The number of amides is 1. The second-order valence-electron chi connectivity index (χ2n) is 5.31. The molecule has 2 aromatic carbocycles. The fraction of sp³-hybridized carbons (Fsp3) is 0.0526. The van der Waals surface area contributed by atoms with Gasteiger partial charge in [-0.1, -0.05) is 35.9 Å². The SMILES string of the molecule is O=C(/C=C/c1ccc(Cl)cc1)Nc1ncc(Cc2ccc(F)cc2)s1. The molecule has 3 rings (SSSR count). The van der Waals surface area contributed by atoms with Crippen LogP contribution in [0.2, 0.25) is 5.02 Å². The van der Waals surface area contributed by atoms with Gasteiger partial charge >= 0.3 is 0 Å². The summed E-state index contributed by atoms with van der Waals surface area (Å²) in [5.74, 6) is -0.508. The molecule has 0 aliphatic rings. The summed E-state index contributed by atoms with van der Waals surface area (Å²) in [5, 5.41) is 3.92. The normalized spacial score (nSPS) is 11.0. The molecule has 3 aromatic rings. The number of nitrogens with one attached hydrogen (secondary N) is 1. The maximum Gasteiger partial charge on any atom is 0.250 e. The zero-order chi connectivity index (χ0) is 17.6. The van der Waals surface area contributed by atoms with Crippen molar-refractivity contribution < 1.29 is 9.18 Å². The summed E-state index contributed by atoms with van der Waals surface area (Å²) in [7, 11) is 0. The zero-order valence-electron chi connectivity index (χ0n) is 13.1. The number of carbonyl (C=O) groups is 1. The van der Waals surface area contributed by atoms with E-state index in [4.69, 9.17) is 11.6 Å². The topological polar surface area (TPSA) is 42.0 Å². The number of thiazole rings is 1. The number of hydrogen-bond donors (Lipinski definition) is 1. The van der Waals surface area contributed by atoms with E-state index in [0.717, 1.165) is 16.0 Å². The maximum absolute atomic E-state index is 12.9. The Balaban J connectivity index is 1.57. The number of benzene rings is 2. The molecule has 0 atom stereocenters. The van der Waals surface area contributed by atoms with E-state index < -0.39 is 0 Å². The lowest BCUT2D eigenvalue weighted by Crippen LogP contribution is -2.07. The number of rotatable bonds is 5. The number of carbonyl (C=O) groups excluding carboxylic acids is 1. The van der Waals surface area contributed by atoms with Crippen LogP contribution < -0.4 is 5.32 Å². The minimum atomic E-state index is -0.256. The highest BCUT2D eigenvalue weighted by Gasteiger charge is 2.05. The van der Waals surface area contributed by atoms with Crippen molar-refractivity contribution >= 4 is 40.1 Å². The Morgan fingerprint density at radius 1 is 1.16 bits per heavy atom. The molecule has 0 fully saturated rings. The third-order valence-corrected chi connectivity index (χ3v) is 4.54. The first-order valence-electron chi connectivity index (χ1n) is 7.52. The van der Waals surface area contributed by atoms with Gasteiger partial charge in [0.05, 0.1) is 0 Å². The average Bonchev–Trinajstić information content (AvgIpc) is 3.03. The van der Waals surface area contributed by atoms with E-state index in [9.17, 15) is 9.18 Å². The van der Waals surface area contributed by atoms with Crippen molar-refractivity contribution in [2.45, 2.75) is 6.42 Å². The maximum atomic E-state index is 12.9. The van der Waals surface area contributed by atoms with Crippen molar-refractivity contribution in [2.75, 3.05) is 5.32 Å². The van der Waals surface area contributed by atoms with Crippen LogP contribution in [0.3, 0.4) is 0 Å². The Labute approximate surface area is 153 Å². The smallest absolute Gasteiger partial charge is 0.250 e.